The zero-order valence-electron chi connectivity index (χ0n) is 13.7. The maximum absolute atomic E-state index is 12.3. The van der Waals surface area contributed by atoms with E-state index >= 15 is 0 Å². The Balaban J connectivity index is 1.69. The molecule has 0 aliphatic carbocycles. The number of hydrogen-bond donors (Lipinski definition) is 2. The van der Waals surface area contributed by atoms with Gasteiger partial charge in [-0.05, 0) is 50.2 Å². The molecular weight excluding hydrogens is 304 g/mol. The van der Waals surface area contributed by atoms with Gasteiger partial charge in [-0.15, -0.1) is 0 Å². The van der Waals surface area contributed by atoms with Gasteiger partial charge in [0.05, 0.1) is 6.26 Å². The topological polar surface area (TPSA) is 74.2 Å². The normalized spacial score (nSPS) is 10.6. The van der Waals surface area contributed by atoms with E-state index < -0.39 is 0 Å². The first-order valence-corrected chi connectivity index (χ1v) is 7.97. The molecule has 0 aliphatic heterocycles. The highest BCUT2D eigenvalue weighted by Crippen LogP contribution is 2.20. The number of furan rings is 1. The number of carbonyl (C=O) groups excluding carboxylic acids is 1. The smallest absolute Gasteiger partial charge is 0.276 e. The molecule has 2 N–H and O–H groups in total. The van der Waals surface area contributed by atoms with E-state index in [9.17, 15) is 4.79 Å². The van der Waals surface area contributed by atoms with E-state index in [0.29, 0.717) is 17.1 Å². The van der Waals surface area contributed by atoms with Gasteiger partial charge in [0.25, 0.3) is 5.91 Å². The lowest BCUT2D eigenvalue weighted by Crippen LogP contribution is -2.21. The van der Waals surface area contributed by atoms with Gasteiger partial charge in [0.15, 0.2) is 11.5 Å². The Morgan fingerprint density at radius 2 is 1.96 bits per heavy atom. The second kappa shape index (κ2) is 7.04. The van der Waals surface area contributed by atoms with Crippen molar-refractivity contribution in [2.75, 3.05) is 23.3 Å². The van der Waals surface area contributed by atoms with Crippen molar-refractivity contribution in [3.63, 3.8) is 0 Å². The first-order chi connectivity index (χ1) is 11.7. The summed E-state index contributed by atoms with van der Waals surface area (Å²) in [5.41, 5.74) is 2.85. The van der Waals surface area contributed by atoms with Gasteiger partial charge in [-0.3, -0.25) is 9.89 Å². The highest BCUT2D eigenvalue weighted by atomic mass is 16.3. The van der Waals surface area contributed by atoms with Crippen LogP contribution in [-0.2, 0) is 0 Å². The Labute approximate surface area is 140 Å². The molecule has 2 heterocycles. The van der Waals surface area contributed by atoms with Crippen LogP contribution < -0.4 is 10.2 Å². The standard InChI is InChI=1S/C18H20N4O2/c1-3-22(4-2)14-9-7-13(8-10-14)19-18(23)16-12-15(20-21-16)17-6-5-11-24-17/h5-12H,3-4H2,1-2H3,(H,19,23)(H,20,21). The molecule has 124 valence electrons. The van der Waals surface area contributed by atoms with Gasteiger partial charge < -0.3 is 14.6 Å². The van der Waals surface area contributed by atoms with Crippen LogP contribution in [0.25, 0.3) is 11.5 Å². The molecule has 3 aromatic rings. The van der Waals surface area contributed by atoms with E-state index in [1.165, 1.54) is 0 Å². The van der Waals surface area contributed by atoms with Crippen LogP contribution >= 0.6 is 0 Å². The van der Waals surface area contributed by atoms with E-state index in [0.717, 1.165) is 24.5 Å². The number of anilines is 2. The number of benzene rings is 1. The van der Waals surface area contributed by atoms with E-state index in [-0.39, 0.29) is 5.91 Å². The molecule has 1 amide bonds. The van der Waals surface area contributed by atoms with Crippen molar-refractivity contribution < 1.29 is 9.21 Å². The predicted molar refractivity (Wildman–Crippen MR) is 94.2 cm³/mol. The molecule has 0 bridgehead atoms. The lowest BCUT2D eigenvalue weighted by Gasteiger charge is -2.21. The fourth-order valence-corrected chi connectivity index (χ4v) is 2.54. The van der Waals surface area contributed by atoms with E-state index in [1.807, 2.05) is 24.3 Å². The first-order valence-electron chi connectivity index (χ1n) is 7.97. The van der Waals surface area contributed by atoms with Gasteiger partial charge >= 0.3 is 0 Å². The summed E-state index contributed by atoms with van der Waals surface area (Å²) in [5, 5.41) is 9.69. The molecule has 24 heavy (non-hydrogen) atoms. The summed E-state index contributed by atoms with van der Waals surface area (Å²) in [6, 6.07) is 13.0. The molecule has 0 saturated carbocycles. The summed E-state index contributed by atoms with van der Waals surface area (Å²) < 4.78 is 5.28. The van der Waals surface area contributed by atoms with Crippen LogP contribution in [0.2, 0.25) is 0 Å². The van der Waals surface area contributed by atoms with Gasteiger partial charge in [-0.25, -0.2) is 0 Å². The molecule has 0 saturated heterocycles. The van der Waals surface area contributed by atoms with E-state index in [1.54, 1.807) is 24.5 Å². The summed E-state index contributed by atoms with van der Waals surface area (Å²) in [7, 11) is 0. The molecule has 0 spiro atoms. The van der Waals surface area contributed by atoms with Gasteiger partial charge in [0, 0.05) is 30.5 Å². The minimum atomic E-state index is -0.264. The van der Waals surface area contributed by atoms with Crippen LogP contribution in [0, 0.1) is 0 Å². The number of rotatable bonds is 6. The van der Waals surface area contributed by atoms with Crippen molar-refractivity contribution in [2.45, 2.75) is 13.8 Å². The highest BCUT2D eigenvalue weighted by molar-refractivity contribution is 6.03. The average Bonchev–Trinajstić information content (AvgIpc) is 3.29. The van der Waals surface area contributed by atoms with Gasteiger partial charge in [-0.2, -0.15) is 5.10 Å². The van der Waals surface area contributed by atoms with Crippen LogP contribution in [0.4, 0.5) is 11.4 Å². The molecule has 6 heteroatoms. The Kier molecular flexibility index (Phi) is 4.65. The molecule has 1 aromatic carbocycles. The monoisotopic (exact) mass is 324 g/mol. The van der Waals surface area contributed by atoms with Crippen molar-refractivity contribution in [1.29, 1.82) is 0 Å². The number of amides is 1. The molecule has 0 unspecified atom stereocenters. The zero-order chi connectivity index (χ0) is 16.9. The number of nitrogens with zero attached hydrogens (tertiary/aromatic N) is 2. The molecule has 0 fully saturated rings. The molecule has 6 nitrogen and oxygen atoms in total. The molecular formula is C18H20N4O2. The summed E-state index contributed by atoms with van der Waals surface area (Å²) in [4.78, 5) is 14.5. The van der Waals surface area contributed by atoms with Gasteiger partial charge in [0.2, 0.25) is 0 Å². The van der Waals surface area contributed by atoms with Crippen molar-refractivity contribution in [3.05, 3.63) is 54.4 Å². The van der Waals surface area contributed by atoms with Crippen LogP contribution in [0.15, 0.2) is 53.1 Å². The number of carbonyl (C=O) groups is 1. The van der Waals surface area contributed by atoms with Gasteiger partial charge in [-0.1, -0.05) is 0 Å². The molecule has 2 aromatic heterocycles. The Hall–Kier alpha value is -3.02. The Bertz CT molecular complexity index is 787. The third-order valence-electron chi connectivity index (χ3n) is 3.85. The van der Waals surface area contributed by atoms with Crippen LogP contribution in [0.3, 0.4) is 0 Å². The second-order valence-corrected chi connectivity index (χ2v) is 5.32. The van der Waals surface area contributed by atoms with Crippen molar-refractivity contribution in [1.82, 2.24) is 10.2 Å². The summed E-state index contributed by atoms with van der Waals surface area (Å²) in [6.07, 6.45) is 1.58. The minimum Gasteiger partial charge on any atom is -0.463 e. The molecule has 0 radical (unpaired) electrons. The fraction of sp³-hybridized carbons (Fsp3) is 0.222. The maximum atomic E-state index is 12.3. The summed E-state index contributed by atoms with van der Waals surface area (Å²) in [6.45, 7) is 6.14. The summed E-state index contributed by atoms with van der Waals surface area (Å²) >= 11 is 0. The van der Waals surface area contributed by atoms with Crippen LogP contribution in [0.1, 0.15) is 24.3 Å². The lowest BCUT2D eigenvalue weighted by atomic mass is 10.2. The number of hydrogen-bond acceptors (Lipinski definition) is 4. The lowest BCUT2D eigenvalue weighted by molar-refractivity contribution is 0.102. The van der Waals surface area contributed by atoms with Crippen molar-refractivity contribution in [3.8, 4) is 11.5 Å². The minimum absolute atomic E-state index is 0.264. The summed E-state index contributed by atoms with van der Waals surface area (Å²) in [5.74, 6) is 0.379. The highest BCUT2D eigenvalue weighted by Gasteiger charge is 2.13. The quantitative estimate of drug-likeness (QED) is 0.724. The van der Waals surface area contributed by atoms with Crippen LogP contribution in [0.5, 0.6) is 0 Å². The zero-order valence-corrected chi connectivity index (χ0v) is 13.7. The molecule has 3 rings (SSSR count). The maximum Gasteiger partial charge on any atom is 0.276 e. The van der Waals surface area contributed by atoms with E-state index in [2.05, 4.69) is 34.3 Å². The predicted octanol–water partition coefficient (Wildman–Crippen LogP) is 3.77. The van der Waals surface area contributed by atoms with Crippen molar-refractivity contribution in [2.24, 2.45) is 0 Å². The van der Waals surface area contributed by atoms with E-state index in [4.69, 9.17) is 4.42 Å². The third kappa shape index (κ3) is 3.32. The fourth-order valence-electron chi connectivity index (χ4n) is 2.54. The van der Waals surface area contributed by atoms with Crippen molar-refractivity contribution >= 4 is 17.3 Å². The Morgan fingerprint density at radius 3 is 2.58 bits per heavy atom. The van der Waals surface area contributed by atoms with Crippen LogP contribution in [-0.4, -0.2) is 29.2 Å². The average molecular weight is 324 g/mol. The number of aromatic nitrogens is 2. The Morgan fingerprint density at radius 1 is 1.21 bits per heavy atom. The second-order valence-electron chi connectivity index (χ2n) is 5.32. The number of nitrogens with one attached hydrogen (secondary N) is 2. The SMILES string of the molecule is CCN(CC)c1ccc(NC(=O)c2cc(-c3ccco3)[nH]n2)cc1. The molecule has 0 aliphatic rings. The van der Waals surface area contributed by atoms with Gasteiger partial charge in [0.1, 0.15) is 5.69 Å². The first kappa shape index (κ1) is 15.9. The largest absolute Gasteiger partial charge is 0.463 e. The number of aromatic amines is 1. The molecule has 0 atom stereocenters. The number of H-pyrrole nitrogens is 1. The third-order valence-corrected chi connectivity index (χ3v) is 3.85.